The van der Waals surface area contributed by atoms with Crippen LogP contribution >= 0.6 is 0 Å². The molecule has 6 heteroatoms. The van der Waals surface area contributed by atoms with E-state index in [1.807, 2.05) is 60.2 Å². The van der Waals surface area contributed by atoms with Gasteiger partial charge in [0, 0.05) is 18.1 Å². The minimum absolute atomic E-state index is 0.139. The summed E-state index contributed by atoms with van der Waals surface area (Å²) in [6.07, 6.45) is 4.72. The van der Waals surface area contributed by atoms with Crippen molar-refractivity contribution in [3.63, 3.8) is 0 Å². The van der Waals surface area contributed by atoms with Crippen LogP contribution in [-0.2, 0) is 4.79 Å². The number of hydrogen-bond donors (Lipinski definition) is 1. The minimum atomic E-state index is -0.655. The fourth-order valence-electron chi connectivity index (χ4n) is 2.89. The molecule has 0 fully saturated rings. The van der Waals surface area contributed by atoms with Gasteiger partial charge in [-0.15, -0.1) is 0 Å². The van der Waals surface area contributed by atoms with Gasteiger partial charge in [-0.2, -0.15) is 0 Å². The van der Waals surface area contributed by atoms with E-state index in [-0.39, 0.29) is 18.6 Å². The molecule has 0 saturated heterocycles. The Morgan fingerprint density at radius 1 is 1.19 bits per heavy atom. The summed E-state index contributed by atoms with van der Waals surface area (Å²) in [6.45, 7) is 2.15. The second-order valence-corrected chi connectivity index (χ2v) is 6.16. The number of carbonyl (C=O) groups excluding carboxylic acids is 1. The molecule has 1 amide bonds. The maximum Gasteiger partial charge on any atom is 0.265 e. The molecule has 6 nitrogen and oxygen atoms in total. The maximum atomic E-state index is 12.5. The van der Waals surface area contributed by atoms with Gasteiger partial charge < -0.3 is 19.4 Å². The summed E-state index contributed by atoms with van der Waals surface area (Å²) in [5.41, 5.74) is 2.03. The van der Waals surface area contributed by atoms with Crippen LogP contribution in [0.4, 0.5) is 0 Å². The van der Waals surface area contributed by atoms with E-state index in [4.69, 9.17) is 9.47 Å². The van der Waals surface area contributed by atoms with E-state index >= 15 is 0 Å². The lowest BCUT2D eigenvalue weighted by atomic mass is 10.1. The first-order valence-electron chi connectivity index (χ1n) is 8.48. The van der Waals surface area contributed by atoms with E-state index in [9.17, 15) is 4.79 Å². The molecule has 132 valence electrons. The smallest absolute Gasteiger partial charge is 0.265 e. The van der Waals surface area contributed by atoms with Crippen LogP contribution in [0.2, 0.25) is 0 Å². The number of para-hydroxylation sites is 2. The molecule has 0 spiro atoms. The van der Waals surface area contributed by atoms with Crippen molar-refractivity contribution in [3.8, 4) is 17.2 Å². The van der Waals surface area contributed by atoms with Gasteiger partial charge >= 0.3 is 0 Å². The average molecular weight is 349 g/mol. The van der Waals surface area contributed by atoms with E-state index in [0.717, 1.165) is 11.3 Å². The van der Waals surface area contributed by atoms with Crippen LogP contribution in [-0.4, -0.2) is 28.2 Å². The summed E-state index contributed by atoms with van der Waals surface area (Å²) in [4.78, 5) is 16.6. The predicted octanol–water partition coefficient (Wildman–Crippen LogP) is 2.89. The lowest BCUT2D eigenvalue weighted by molar-refractivity contribution is -0.131. The highest BCUT2D eigenvalue weighted by Crippen LogP contribution is 2.31. The van der Waals surface area contributed by atoms with E-state index < -0.39 is 6.10 Å². The quantitative estimate of drug-likeness (QED) is 0.787. The van der Waals surface area contributed by atoms with Crippen molar-refractivity contribution in [2.75, 3.05) is 6.61 Å². The zero-order chi connectivity index (χ0) is 17.9. The van der Waals surface area contributed by atoms with Crippen molar-refractivity contribution in [3.05, 3.63) is 72.8 Å². The molecule has 1 aliphatic rings. The van der Waals surface area contributed by atoms with Crippen molar-refractivity contribution in [1.82, 2.24) is 14.9 Å². The first-order chi connectivity index (χ1) is 12.7. The summed E-state index contributed by atoms with van der Waals surface area (Å²) in [7, 11) is 0. The Hall–Kier alpha value is -3.28. The van der Waals surface area contributed by atoms with E-state index in [1.54, 1.807) is 18.6 Å². The number of ether oxygens (including phenoxy) is 2. The first kappa shape index (κ1) is 16.2. The van der Waals surface area contributed by atoms with Crippen LogP contribution in [0, 0.1) is 0 Å². The molecule has 0 saturated carbocycles. The number of nitrogens with zero attached hydrogens (tertiary/aromatic N) is 2. The summed E-state index contributed by atoms with van der Waals surface area (Å²) in [6, 6.07) is 15.2. The zero-order valence-corrected chi connectivity index (χ0v) is 14.3. The monoisotopic (exact) mass is 349 g/mol. The predicted molar refractivity (Wildman–Crippen MR) is 96.5 cm³/mol. The van der Waals surface area contributed by atoms with Crippen LogP contribution in [0.3, 0.4) is 0 Å². The van der Waals surface area contributed by atoms with E-state index in [2.05, 4.69) is 10.3 Å². The molecule has 1 N–H and O–H groups in total. The van der Waals surface area contributed by atoms with Gasteiger partial charge in [0.1, 0.15) is 6.61 Å². The molecule has 1 aromatic heterocycles. The molecule has 0 unspecified atom stereocenters. The van der Waals surface area contributed by atoms with Crippen LogP contribution in [0.25, 0.3) is 5.69 Å². The number of hydrogen-bond acceptors (Lipinski definition) is 4. The van der Waals surface area contributed by atoms with Crippen LogP contribution in [0.1, 0.15) is 18.5 Å². The fraction of sp³-hybridized carbons (Fsp3) is 0.200. The lowest BCUT2D eigenvalue weighted by Crippen LogP contribution is -2.44. The second-order valence-electron chi connectivity index (χ2n) is 6.16. The maximum absolute atomic E-state index is 12.5. The third-order valence-corrected chi connectivity index (χ3v) is 4.36. The van der Waals surface area contributed by atoms with Gasteiger partial charge in [-0.25, -0.2) is 4.98 Å². The lowest BCUT2D eigenvalue weighted by Gasteiger charge is -2.26. The molecular weight excluding hydrogens is 330 g/mol. The Labute approximate surface area is 151 Å². The highest BCUT2D eigenvalue weighted by atomic mass is 16.6. The molecule has 26 heavy (non-hydrogen) atoms. The Kier molecular flexibility index (Phi) is 4.31. The summed E-state index contributed by atoms with van der Waals surface area (Å²) >= 11 is 0. The Bertz CT molecular complexity index is 891. The standard InChI is InChI=1S/C20H19N3O3/c1-14(15-6-8-16(9-7-15)23-11-10-21-13-23)22-20(24)19-12-25-17-4-2-3-5-18(17)26-19/h2-11,13-14,19H,12H2,1H3,(H,22,24)/t14-,19-/m1/s1. The van der Waals surface area contributed by atoms with Gasteiger partial charge in [0.25, 0.3) is 5.91 Å². The van der Waals surface area contributed by atoms with Crippen molar-refractivity contribution >= 4 is 5.91 Å². The van der Waals surface area contributed by atoms with Crippen LogP contribution < -0.4 is 14.8 Å². The van der Waals surface area contributed by atoms with Gasteiger partial charge in [-0.1, -0.05) is 24.3 Å². The van der Waals surface area contributed by atoms with Crippen molar-refractivity contribution in [1.29, 1.82) is 0 Å². The minimum Gasteiger partial charge on any atom is -0.485 e. The van der Waals surface area contributed by atoms with Gasteiger partial charge in [0.2, 0.25) is 6.10 Å². The molecule has 2 heterocycles. The van der Waals surface area contributed by atoms with E-state index in [0.29, 0.717) is 11.5 Å². The number of fused-ring (bicyclic) bond motifs is 1. The number of imidazole rings is 1. The average Bonchev–Trinajstić information content (AvgIpc) is 3.22. The second kappa shape index (κ2) is 6.92. The molecule has 0 bridgehead atoms. The first-order valence-corrected chi connectivity index (χ1v) is 8.48. The molecule has 2 atom stereocenters. The third-order valence-electron chi connectivity index (χ3n) is 4.36. The number of benzene rings is 2. The topological polar surface area (TPSA) is 65.4 Å². The van der Waals surface area contributed by atoms with E-state index in [1.165, 1.54) is 0 Å². The molecule has 0 radical (unpaired) electrons. The van der Waals surface area contributed by atoms with Crippen molar-refractivity contribution in [2.45, 2.75) is 19.1 Å². The van der Waals surface area contributed by atoms with Crippen LogP contribution in [0.15, 0.2) is 67.3 Å². The summed E-state index contributed by atoms with van der Waals surface area (Å²) in [5.74, 6) is 1.07. The molecule has 0 aliphatic carbocycles. The third kappa shape index (κ3) is 3.26. The number of carbonyl (C=O) groups is 1. The number of rotatable bonds is 4. The van der Waals surface area contributed by atoms with Crippen molar-refractivity contribution in [2.24, 2.45) is 0 Å². The Morgan fingerprint density at radius 2 is 1.96 bits per heavy atom. The largest absolute Gasteiger partial charge is 0.485 e. The van der Waals surface area contributed by atoms with Crippen LogP contribution in [0.5, 0.6) is 11.5 Å². The number of amides is 1. The van der Waals surface area contributed by atoms with Crippen molar-refractivity contribution < 1.29 is 14.3 Å². The highest BCUT2D eigenvalue weighted by molar-refractivity contribution is 5.82. The molecular formula is C20H19N3O3. The number of aromatic nitrogens is 2. The SMILES string of the molecule is C[C@@H](NC(=O)[C@H]1COc2ccccc2O1)c1ccc(-n2ccnc2)cc1. The van der Waals surface area contributed by atoms with Gasteiger partial charge in [0.05, 0.1) is 12.4 Å². The molecule has 2 aromatic carbocycles. The number of nitrogens with one attached hydrogen (secondary N) is 1. The van der Waals surface area contributed by atoms with Gasteiger partial charge in [0.15, 0.2) is 11.5 Å². The molecule has 1 aliphatic heterocycles. The Balaban J connectivity index is 1.40. The fourth-order valence-corrected chi connectivity index (χ4v) is 2.89. The zero-order valence-electron chi connectivity index (χ0n) is 14.3. The highest BCUT2D eigenvalue weighted by Gasteiger charge is 2.28. The van der Waals surface area contributed by atoms with Gasteiger partial charge in [-0.3, -0.25) is 4.79 Å². The normalized spacial score (nSPS) is 16.7. The Morgan fingerprint density at radius 3 is 2.69 bits per heavy atom. The van der Waals surface area contributed by atoms with Gasteiger partial charge in [-0.05, 0) is 36.8 Å². The summed E-state index contributed by atoms with van der Waals surface area (Å²) in [5, 5.41) is 2.99. The molecule has 4 rings (SSSR count). The summed E-state index contributed by atoms with van der Waals surface area (Å²) < 4.78 is 13.3. The molecule has 3 aromatic rings.